The van der Waals surface area contributed by atoms with Crippen molar-refractivity contribution in [1.29, 1.82) is 0 Å². The van der Waals surface area contributed by atoms with E-state index in [4.69, 9.17) is 15.5 Å². The van der Waals surface area contributed by atoms with Crippen LogP contribution in [0.5, 0.6) is 5.88 Å². The number of piperidine rings is 1. The maximum absolute atomic E-state index is 13.4. The Morgan fingerprint density at radius 3 is 2.45 bits per heavy atom. The fraction of sp³-hybridized carbons (Fsp3) is 0.396. The fourth-order valence-corrected chi connectivity index (χ4v) is 9.39. The van der Waals surface area contributed by atoms with Crippen LogP contribution in [-0.4, -0.2) is 115 Å². The van der Waals surface area contributed by atoms with Crippen LogP contribution >= 0.6 is 0 Å². The molecule has 3 aromatic carbocycles. The smallest absolute Gasteiger partial charge is 0.329 e. The predicted octanol–water partition coefficient (Wildman–Crippen LogP) is 5.12. The molecule has 6 heterocycles. The Morgan fingerprint density at radius 2 is 1.70 bits per heavy atom. The van der Waals surface area contributed by atoms with Gasteiger partial charge in [-0.2, -0.15) is 0 Å². The predicted molar refractivity (Wildman–Crippen MR) is 247 cm³/mol. The average Bonchev–Trinajstić information content (AvgIpc) is 3.54. The standard InChI is InChI=1S/C48H55N11O5/c1-30(60)4-12-41(45(49)62)59-40-13-9-34(25-42(40)55(3)48(59)63)33-14-17-56(18-15-33)29-43(61)58-21-19-57(20-22-58)28-32-5-10-37(11-6-32)53-47-52-26-36-8-7-35(24-39(36)54-47)38-27-51-46-44(31(38)2)50-16-23-64-46/h5-11,13,24-27,33,41,50H,4,12,14-23,28-29H2,1-3H3,(H2,49,62)(H,52,53,54). The molecule has 2 saturated heterocycles. The van der Waals surface area contributed by atoms with Crippen LogP contribution in [-0.2, 0) is 28.0 Å². The van der Waals surface area contributed by atoms with E-state index < -0.39 is 11.9 Å². The minimum absolute atomic E-state index is 0.0595. The first-order valence-corrected chi connectivity index (χ1v) is 22.2. The normalized spacial score (nSPS) is 16.6. The Kier molecular flexibility index (Phi) is 12.1. The van der Waals surface area contributed by atoms with E-state index >= 15 is 0 Å². The largest absolute Gasteiger partial charge is 0.474 e. The highest BCUT2D eigenvalue weighted by Gasteiger charge is 2.28. The highest BCUT2D eigenvalue weighted by Crippen LogP contribution is 2.36. The van der Waals surface area contributed by atoms with Crippen molar-refractivity contribution in [3.05, 3.63) is 100 Å². The van der Waals surface area contributed by atoms with Crippen molar-refractivity contribution >= 4 is 56.9 Å². The summed E-state index contributed by atoms with van der Waals surface area (Å²) in [5, 5.41) is 7.74. The van der Waals surface area contributed by atoms with Gasteiger partial charge in [0, 0.05) is 81.8 Å². The molecular formula is C48H55N11O5. The van der Waals surface area contributed by atoms with Crippen molar-refractivity contribution in [3.8, 4) is 17.0 Å². The number of benzene rings is 3. The highest BCUT2D eigenvalue weighted by atomic mass is 16.5. The number of Topliss-reactive ketones (excluding diaryl/α,β-unsaturated/α-hetero) is 1. The number of ether oxygens (including phenoxy) is 1. The lowest BCUT2D eigenvalue weighted by Crippen LogP contribution is -2.51. The summed E-state index contributed by atoms with van der Waals surface area (Å²) in [6.45, 7) is 10.8. The number of nitrogens with zero attached hydrogens (tertiary/aromatic N) is 8. The summed E-state index contributed by atoms with van der Waals surface area (Å²) in [7, 11) is 1.70. The van der Waals surface area contributed by atoms with Crippen molar-refractivity contribution in [2.75, 3.05) is 69.6 Å². The lowest BCUT2D eigenvalue weighted by Gasteiger charge is -2.37. The molecule has 1 unspecified atom stereocenters. The van der Waals surface area contributed by atoms with Gasteiger partial charge in [-0.25, -0.2) is 19.7 Å². The number of carbonyl (C=O) groups excluding carboxylic acids is 3. The Balaban J connectivity index is 0.740. The maximum Gasteiger partial charge on any atom is 0.329 e. The summed E-state index contributed by atoms with van der Waals surface area (Å²) >= 11 is 0. The molecule has 0 bridgehead atoms. The van der Waals surface area contributed by atoms with Crippen molar-refractivity contribution in [2.24, 2.45) is 12.8 Å². The quantitative estimate of drug-likeness (QED) is 0.139. The van der Waals surface area contributed by atoms with Crippen LogP contribution in [0.25, 0.3) is 33.1 Å². The Morgan fingerprint density at radius 1 is 0.922 bits per heavy atom. The van der Waals surface area contributed by atoms with E-state index in [1.54, 1.807) is 11.6 Å². The summed E-state index contributed by atoms with van der Waals surface area (Å²) in [6.07, 6.45) is 5.85. The van der Waals surface area contributed by atoms with Gasteiger partial charge in [-0.05, 0) is 105 Å². The molecule has 0 spiro atoms. The minimum atomic E-state index is -0.894. The van der Waals surface area contributed by atoms with E-state index in [0.29, 0.717) is 43.6 Å². The van der Waals surface area contributed by atoms with E-state index in [1.807, 2.05) is 41.6 Å². The summed E-state index contributed by atoms with van der Waals surface area (Å²) in [5.41, 5.74) is 14.9. The number of primary amides is 1. The van der Waals surface area contributed by atoms with Crippen LogP contribution in [0.2, 0.25) is 0 Å². The lowest BCUT2D eigenvalue weighted by atomic mass is 9.89. The summed E-state index contributed by atoms with van der Waals surface area (Å²) < 4.78 is 8.69. The number of piperazine rings is 1. The Hall–Kier alpha value is -6.65. The molecule has 3 aliphatic rings. The number of hydrogen-bond acceptors (Lipinski definition) is 12. The molecule has 1 atom stereocenters. The number of pyridine rings is 1. The number of anilines is 3. The third kappa shape index (κ3) is 8.92. The number of ketones is 1. The van der Waals surface area contributed by atoms with Gasteiger partial charge in [0.2, 0.25) is 23.6 Å². The van der Waals surface area contributed by atoms with Crippen LogP contribution in [0.15, 0.2) is 77.9 Å². The zero-order valence-corrected chi connectivity index (χ0v) is 36.7. The van der Waals surface area contributed by atoms with Gasteiger partial charge in [-0.3, -0.25) is 28.5 Å². The van der Waals surface area contributed by atoms with Crippen molar-refractivity contribution in [1.82, 2.24) is 38.8 Å². The maximum atomic E-state index is 13.4. The van der Waals surface area contributed by atoms with Gasteiger partial charge in [0.1, 0.15) is 24.1 Å². The molecule has 9 rings (SSSR count). The van der Waals surface area contributed by atoms with Gasteiger partial charge in [0.15, 0.2) is 0 Å². The first-order chi connectivity index (χ1) is 31.0. The molecule has 0 radical (unpaired) electrons. The Bertz CT molecular complexity index is 2790. The molecule has 2 fully saturated rings. The topological polar surface area (TPSA) is 186 Å². The van der Waals surface area contributed by atoms with E-state index in [0.717, 1.165) is 102 Å². The molecule has 0 saturated carbocycles. The fourth-order valence-electron chi connectivity index (χ4n) is 9.39. The van der Waals surface area contributed by atoms with Crippen LogP contribution < -0.4 is 26.8 Å². The van der Waals surface area contributed by atoms with Gasteiger partial charge in [-0.1, -0.05) is 30.3 Å². The number of aryl methyl sites for hydroxylation is 1. The molecule has 3 aliphatic heterocycles. The molecule has 6 aromatic rings. The zero-order valence-electron chi connectivity index (χ0n) is 36.7. The SMILES string of the molecule is CC(=O)CCC(C(N)=O)n1c(=O)n(C)c2cc(C3CCN(CC(=O)N4CCN(Cc5ccc(Nc6ncc7ccc(-c8cnc9c(c8C)NCCO9)cc7n6)cc5)CC4)CC3)ccc21. The highest BCUT2D eigenvalue weighted by molar-refractivity contribution is 5.87. The third-order valence-corrected chi connectivity index (χ3v) is 13.1. The number of nitrogens with one attached hydrogen (secondary N) is 2. The molecule has 16 heteroatoms. The van der Waals surface area contributed by atoms with Crippen molar-refractivity contribution in [3.63, 3.8) is 0 Å². The molecule has 3 aromatic heterocycles. The van der Waals surface area contributed by atoms with Crippen LogP contribution in [0.3, 0.4) is 0 Å². The second-order valence-electron chi connectivity index (χ2n) is 17.4. The van der Waals surface area contributed by atoms with Gasteiger partial charge in [0.05, 0.1) is 23.1 Å². The number of likely N-dealkylation sites (tertiary alicyclic amines) is 1. The van der Waals surface area contributed by atoms with Gasteiger partial charge >= 0.3 is 5.69 Å². The van der Waals surface area contributed by atoms with Crippen LogP contribution in [0.1, 0.15) is 61.3 Å². The number of rotatable bonds is 13. The number of aromatic nitrogens is 5. The van der Waals surface area contributed by atoms with E-state index in [1.165, 1.54) is 17.1 Å². The van der Waals surface area contributed by atoms with Gasteiger partial charge < -0.3 is 30.8 Å². The molecule has 332 valence electrons. The van der Waals surface area contributed by atoms with E-state index in [9.17, 15) is 19.2 Å². The number of carbonyl (C=O) groups is 3. The van der Waals surface area contributed by atoms with Gasteiger partial charge in [-0.15, -0.1) is 0 Å². The molecular weight excluding hydrogens is 811 g/mol. The first kappa shape index (κ1) is 42.6. The van der Waals surface area contributed by atoms with E-state index in [2.05, 4.69) is 73.7 Å². The van der Waals surface area contributed by atoms with Crippen LogP contribution in [0.4, 0.5) is 17.3 Å². The zero-order chi connectivity index (χ0) is 44.5. The van der Waals surface area contributed by atoms with Crippen molar-refractivity contribution in [2.45, 2.75) is 58.0 Å². The molecule has 0 aliphatic carbocycles. The molecule has 4 N–H and O–H groups in total. The number of imidazole rings is 1. The monoisotopic (exact) mass is 865 g/mol. The van der Waals surface area contributed by atoms with Gasteiger partial charge in [0.25, 0.3) is 0 Å². The minimum Gasteiger partial charge on any atom is -0.474 e. The summed E-state index contributed by atoms with van der Waals surface area (Å²) in [5.74, 6) is 0.938. The number of fused-ring (bicyclic) bond motifs is 3. The Labute approximate surface area is 371 Å². The van der Waals surface area contributed by atoms with Crippen molar-refractivity contribution < 1.29 is 19.1 Å². The number of amides is 2. The number of nitrogens with two attached hydrogens (primary N) is 1. The first-order valence-electron chi connectivity index (χ1n) is 22.2. The number of hydrogen-bond donors (Lipinski definition) is 3. The second-order valence-corrected chi connectivity index (χ2v) is 17.4. The molecule has 16 nitrogen and oxygen atoms in total. The summed E-state index contributed by atoms with van der Waals surface area (Å²) in [6, 6.07) is 19.6. The second kappa shape index (κ2) is 18.2. The van der Waals surface area contributed by atoms with E-state index in [-0.39, 0.29) is 36.1 Å². The lowest BCUT2D eigenvalue weighted by molar-refractivity contribution is -0.134. The average molecular weight is 866 g/mol. The summed E-state index contributed by atoms with van der Waals surface area (Å²) in [4.78, 5) is 71.3. The third-order valence-electron chi connectivity index (χ3n) is 13.1. The molecule has 2 amide bonds. The molecule has 64 heavy (non-hydrogen) atoms. The van der Waals surface area contributed by atoms with Crippen LogP contribution in [0, 0.1) is 6.92 Å².